The minimum absolute atomic E-state index is 0.0670. The number of rotatable bonds is 9. The molecule has 29 heavy (non-hydrogen) atoms. The highest BCUT2D eigenvalue weighted by molar-refractivity contribution is 7.99. The van der Waals surface area contributed by atoms with Crippen LogP contribution >= 0.6 is 11.8 Å². The van der Waals surface area contributed by atoms with Crippen LogP contribution in [0.25, 0.3) is 16.6 Å². The summed E-state index contributed by atoms with van der Waals surface area (Å²) < 4.78 is 15.2. The predicted octanol–water partition coefficient (Wildman–Crippen LogP) is 4.31. The maximum Gasteiger partial charge on any atom is 0.266 e. The summed E-state index contributed by atoms with van der Waals surface area (Å²) in [5.74, 6) is 0.371. The van der Waals surface area contributed by atoms with Gasteiger partial charge in [0, 0.05) is 18.7 Å². The fourth-order valence-corrected chi connectivity index (χ4v) is 3.97. The lowest BCUT2D eigenvalue weighted by atomic mass is 10.2. The normalized spacial score (nSPS) is 11.0. The van der Waals surface area contributed by atoms with Crippen LogP contribution in [0, 0.1) is 5.82 Å². The Bertz CT molecular complexity index is 1050. The number of unbranched alkanes of at least 4 members (excludes halogenated alkanes) is 1. The first-order chi connectivity index (χ1) is 14.1. The summed E-state index contributed by atoms with van der Waals surface area (Å²) >= 11 is 1.44. The van der Waals surface area contributed by atoms with Crippen molar-refractivity contribution in [2.75, 3.05) is 12.3 Å². The van der Waals surface area contributed by atoms with E-state index in [0.29, 0.717) is 40.5 Å². The van der Waals surface area contributed by atoms with Crippen LogP contribution in [0.15, 0.2) is 58.5 Å². The van der Waals surface area contributed by atoms with Crippen molar-refractivity contribution in [3.05, 3.63) is 64.7 Å². The first kappa shape index (κ1) is 21.0. The zero-order valence-electron chi connectivity index (χ0n) is 16.4. The quantitative estimate of drug-likeness (QED) is 0.322. The average molecular weight is 414 g/mol. The van der Waals surface area contributed by atoms with Crippen LogP contribution in [0.3, 0.4) is 0 Å². The number of carbonyl (C=O) groups is 1. The number of carbonyl (C=O) groups excluding carboxylic acids is 1. The number of thioether (sulfide) groups is 1. The Morgan fingerprint density at radius 1 is 1.17 bits per heavy atom. The van der Waals surface area contributed by atoms with E-state index in [2.05, 4.69) is 10.3 Å². The van der Waals surface area contributed by atoms with Crippen LogP contribution in [0.2, 0.25) is 0 Å². The fraction of sp³-hybridized carbons (Fsp3) is 0.318. The minimum atomic E-state index is -0.406. The van der Waals surface area contributed by atoms with Gasteiger partial charge in [0.05, 0.1) is 16.6 Å². The molecule has 0 fully saturated rings. The molecule has 0 atom stereocenters. The summed E-state index contributed by atoms with van der Waals surface area (Å²) in [6.45, 7) is 2.72. The number of para-hydroxylation sites is 1. The highest BCUT2D eigenvalue weighted by Crippen LogP contribution is 2.22. The van der Waals surface area contributed by atoms with Gasteiger partial charge in [0.25, 0.3) is 5.56 Å². The standard InChI is InChI=1S/C22H24FN3O2S/c1-2-13-24-20(27)12-5-6-14-29-22-25-19-11-4-3-10-18(19)21(28)26(22)17-9-7-8-16(23)15-17/h3-4,7-11,15H,2,5-6,12-14H2,1H3,(H,24,27). The molecule has 7 heteroatoms. The molecule has 0 radical (unpaired) electrons. The van der Waals surface area contributed by atoms with Crippen molar-refractivity contribution in [1.82, 2.24) is 14.9 Å². The number of nitrogens with zero attached hydrogens (tertiary/aromatic N) is 2. The van der Waals surface area contributed by atoms with Gasteiger partial charge in [-0.05, 0) is 49.6 Å². The van der Waals surface area contributed by atoms with Gasteiger partial charge >= 0.3 is 0 Å². The molecule has 3 aromatic rings. The summed E-state index contributed by atoms with van der Waals surface area (Å²) in [6.07, 6.45) is 2.99. The molecule has 1 aromatic heterocycles. The predicted molar refractivity (Wildman–Crippen MR) is 115 cm³/mol. The Morgan fingerprint density at radius 2 is 2.00 bits per heavy atom. The van der Waals surface area contributed by atoms with Crippen molar-refractivity contribution in [3.8, 4) is 5.69 Å². The lowest BCUT2D eigenvalue weighted by molar-refractivity contribution is -0.121. The van der Waals surface area contributed by atoms with Crippen LogP contribution < -0.4 is 10.9 Å². The molecule has 1 heterocycles. The largest absolute Gasteiger partial charge is 0.356 e. The molecule has 0 aliphatic rings. The smallest absolute Gasteiger partial charge is 0.266 e. The summed E-state index contributed by atoms with van der Waals surface area (Å²) in [5.41, 5.74) is 0.851. The van der Waals surface area contributed by atoms with Gasteiger partial charge in [-0.15, -0.1) is 0 Å². The molecule has 152 valence electrons. The summed E-state index contributed by atoms with van der Waals surface area (Å²) in [7, 11) is 0. The topological polar surface area (TPSA) is 64.0 Å². The van der Waals surface area contributed by atoms with Crippen molar-refractivity contribution in [2.45, 2.75) is 37.8 Å². The lowest BCUT2D eigenvalue weighted by Gasteiger charge is -2.13. The number of hydrogen-bond acceptors (Lipinski definition) is 4. The van der Waals surface area contributed by atoms with E-state index in [-0.39, 0.29) is 11.5 Å². The number of fused-ring (bicyclic) bond motifs is 1. The van der Waals surface area contributed by atoms with E-state index in [1.807, 2.05) is 13.0 Å². The third-order valence-electron chi connectivity index (χ3n) is 4.41. The Labute approximate surface area is 173 Å². The van der Waals surface area contributed by atoms with E-state index in [1.54, 1.807) is 30.3 Å². The minimum Gasteiger partial charge on any atom is -0.356 e. The third-order valence-corrected chi connectivity index (χ3v) is 5.44. The zero-order valence-corrected chi connectivity index (χ0v) is 17.2. The Morgan fingerprint density at radius 3 is 2.79 bits per heavy atom. The van der Waals surface area contributed by atoms with Crippen LogP contribution in [0.1, 0.15) is 32.6 Å². The molecule has 3 rings (SSSR count). The first-order valence-corrected chi connectivity index (χ1v) is 10.8. The second kappa shape index (κ2) is 10.2. The van der Waals surface area contributed by atoms with E-state index in [9.17, 15) is 14.0 Å². The van der Waals surface area contributed by atoms with Gasteiger partial charge in [-0.25, -0.2) is 9.37 Å². The fourth-order valence-electron chi connectivity index (χ4n) is 2.96. The maximum atomic E-state index is 13.8. The van der Waals surface area contributed by atoms with E-state index in [1.165, 1.54) is 28.5 Å². The van der Waals surface area contributed by atoms with Crippen LogP contribution in [-0.4, -0.2) is 27.8 Å². The lowest BCUT2D eigenvalue weighted by Crippen LogP contribution is -2.23. The van der Waals surface area contributed by atoms with Gasteiger partial charge in [-0.3, -0.25) is 14.2 Å². The third kappa shape index (κ3) is 5.44. The summed E-state index contributed by atoms with van der Waals surface area (Å²) in [6, 6.07) is 13.1. The molecule has 2 aromatic carbocycles. The van der Waals surface area contributed by atoms with Gasteiger partial charge in [-0.2, -0.15) is 0 Å². The van der Waals surface area contributed by atoms with Crippen LogP contribution in [0.4, 0.5) is 4.39 Å². The van der Waals surface area contributed by atoms with Gasteiger partial charge in [0.2, 0.25) is 5.91 Å². The zero-order chi connectivity index (χ0) is 20.6. The molecule has 0 aliphatic carbocycles. The maximum absolute atomic E-state index is 13.8. The van der Waals surface area contributed by atoms with E-state index in [0.717, 1.165) is 19.3 Å². The molecule has 0 spiro atoms. The molecule has 0 saturated carbocycles. The molecule has 0 saturated heterocycles. The number of nitrogens with one attached hydrogen (secondary N) is 1. The number of hydrogen-bond donors (Lipinski definition) is 1. The second-order valence-electron chi connectivity index (χ2n) is 6.69. The monoisotopic (exact) mass is 413 g/mol. The van der Waals surface area contributed by atoms with Crippen molar-refractivity contribution in [3.63, 3.8) is 0 Å². The molecule has 0 aliphatic heterocycles. The van der Waals surface area contributed by atoms with E-state index < -0.39 is 5.82 Å². The highest BCUT2D eigenvalue weighted by atomic mass is 32.2. The van der Waals surface area contributed by atoms with Crippen molar-refractivity contribution in [1.29, 1.82) is 0 Å². The Kier molecular flexibility index (Phi) is 7.41. The average Bonchev–Trinajstić information content (AvgIpc) is 2.72. The van der Waals surface area contributed by atoms with Gasteiger partial charge in [0.1, 0.15) is 5.82 Å². The molecule has 1 amide bonds. The number of benzene rings is 2. The molecule has 5 nitrogen and oxygen atoms in total. The van der Waals surface area contributed by atoms with E-state index in [4.69, 9.17) is 0 Å². The van der Waals surface area contributed by atoms with E-state index >= 15 is 0 Å². The molecule has 0 unspecified atom stereocenters. The van der Waals surface area contributed by atoms with Crippen LogP contribution in [-0.2, 0) is 4.79 Å². The van der Waals surface area contributed by atoms with Gasteiger partial charge < -0.3 is 5.32 Å². The molecule has 1 N–H and O–H groups in total. The number of aromatic nitrogens is 2. The molecular weight excluding hydrogens is 389 g/mol. The number of amides is 1. The summed E-state index contributed by atoms with van der Waals surface area (Å²) in [4.78, 5) is 29.4. The van der Waals surface area contributed by atoms with Crippen molar-refractivity contribution >= 4 is 28.6 Å². The summed E-state index contributed by atoms with van der Waals surface area (Å²) in [5, 5.41) is 3.88. The van der Waals surface area contributed by atoms with Crippen LogP contribution in [0.5, 0.6) is 0 Å². The number of halogens is 1. The Balaban J connectivity index is 1.78. The first-order valence-electron chi connectivity index (χ1n) is 9.77. The molecule has 0 bridgehead atoms. The molecular formula is C22H24FN3O2S. The SMILES string of the molecule is CCCNC(=O)CCCCSc1nc2ccccc2c(=O)n1-c1cccc(F)c1. The Hall–Kier alpha value is -2.67. The highest BCUT2D eigenvalue weighted by Gasteiger charge is 2.13. The van der Waals surface area contributed by atoms with Crippen molar-refractivity contribution < 1.29 is 9.18 Å². The van der Waals surface area contributed by atoms with Gasteiger partial charge in [0.15, 0.2) is 5.16 Å². The van der Waals surface area contributed by atoms with Gasteiger partial charge in [-0.1, -0.05) is 36.9 Å². The van der Waals surface area contributed by atoms with Crippen molar-refractivity contribution in [2.24, 2.45) is 0 Å². The second-order valence-corrected chi connectivity index (χ2v) is 7.75.